The molecular formula is C28H29Cl2N5O3. The monoisotopic (exact) mass is 553 g/mol. The lowest BCUT2D eigenvalue weighted by atomic mass is 9.97. The van der Waals surface area contributed by atoms with E-state index in [2.05, 4.69) is 4.90 Å². The minimum Gasteiger partial charge on any atom is -0.474 e. The van der Waals surface area contributed by atoms with Crippen LogP contribution in [0.15, 0.2) is 54.6 Å². The van der Waals surface area contributed by atoms with Crippen LogP contribution in [0.4, 0.5) is 5.82 Å². The summed E-state index contributed by atoms with van der Waals surface area (Å²) in [5.41, 5.74) is 8.18. The number of carbonyl (C=O) groups is 1. The van der Waals surface area contributed by atoms with Crippen molar-refractivity contribution in [2.45, 2.75) is 32.3 Å². The lowest BCUT2D eigenvalue weighted by Crippen LogP contribution is -2.42. The molecule has 2 aromatic heterocycles. The summed E-state index contributed by atoms with van der Waals surface area (Å²) in [4.78, 5) is 19.0. The number of ether oxygens (including phenoxy) is 1. The lowest BCUT2D eigenvalue weighted by molar-refractivity contribution is -0.122. The van der Waals surface area contributed by atoms with Gasteiger partial charge in [-0.05, 0) is 50.5 Å². The van der Waals surface area contributed by atoms with Crippen LogP contribution in [0.2, 0.25) is 10.0 Å². The van der Waals surface area contributed by atoms with Gasteiger partial charge in [-0.25, -0.2) is 0 Å². The molecule has 5 rings (SSSR count). The number of piperidine rings is 1. The smallest absolute Gasteiger partial charge is 0.222 e. The van der Waals surface area contributed by atoms with E-state index in [-0.39, 0.29) is 18.4 Å². The Kier molecular flexibility index (Phi) is 7.22. The number of amides is 1. The summed E-state index contributed by atoms with van der Waals surface area (Å²) in [5.74, 6) is 0.441. The van der Waals surface area contributed by atoms with Gasteiger partial charge < -0.3 is 20.5 Å². The molecule has 3 heterocycles. The number of nitrogens with zero attached hydrogens (tertiary/aromatic N) is 4. The van der Waals surface area contributed by atoms with Gasteiger partial charge in [0.2, 0.25) is 11.8 Å². The molecule has 1 amide bonds. The van der Waals surface area contributed by atoms with E-state index in [1.807, 2.05) is 48.5 Å². The zero-order valence-corrected chi connectivity index (χ0v) is 22.7. The van der Waals surface area contributed by atoms with Gasteiger partial charge in [-0.3, -0.25) is 4.79 Å². The number of aromatic nitrogens is 3. The maximum Gasteiger partial charge on any atom is 0.222 e. The Balaban J connectivity index is 1.77. The van der Waals surface area contributed by atoms with E-state index in [0.717, 1.165) is 29.5 Å². The number of nitrogens with two attached hydrogens (primary N) is 1. The predicted molar refractivity (Wildman–Crippen MR) is 150 cm³/mol. The quantitative estimate of drug-likeness (QED) is 0.325. The minimum atomic E-state index is -1.06. The maximum absolute atomic E-state index is 12.1. The number of hydrogen-bond donors (Lipinski definition) is 2. The highest BCUT2D eigenvalue weighted by Gasteiger charge is 2.29. The maximum atomic E-state index is 12.1. The molecule has 1 saturated heterocycles. The molecule has 1 aliphatic heterocycles. The topological polar surface area (TPSA) is 106 Å². The van der Waals surface area contributed by atoms with Crippen molar-refractivity contribution in [1.29, 1.82) is 0 Å². The number of carbonyl (C=O) groups excluding carboxylic acids is 1. The van der Waals surface area contributed by atoms with Gasteiger partial charge in [0, 0.05) is 29.7 Å². The highest BCUT2D eigenvalue weighted by molar-refractivity contribution is 6.33. The van der Waals surface area contributed by atoms with Crippen LogP contribution in [0.3, 0.4) is 0 Å². The molecule has 198 valence electrons. The second kappa shape index (κ2) is 10.4. The number of fused-ring (bicyclic) bond motifs is 1. The first-order valence-electron chi connectivity index (χ1n) is 12.4. The molecule has 0 spiro atoms. The number of primary amides is 1. The fourth-order valence-corrected chi connectivity index (χ4v) is 5.02. The Morgan fingerprint density at radius 3 is 2.61 bits per heavy atom. The second-order valence-electron chi connectivity index (χ2n) is 10.2. The van der Waals surface area contributed by atoms with E-state index in [4.69, 9.17) is 43.8 Å². The number of anilines is 1. The Hall–Kier alpha value is -3.33. The fourth-order valence-electron chi connectivity index (χ4n) is 4.67. The summed E-state index contributed by atoms with van der Waals surface area (Å²) in [6, 6.07) is 16.8. The average Bonchev–Trinajstić information content (AvgIpc) is 3.26. The first kappa shape index (κ1) is 26.3. The van der Waals surface area contributed by atoms with Crippen LogP contribution >= 0.6 is 23.2 Å². The van der Waals surface area contributed by atoms with Crippen molar-refractivity contribution in [3.8, 4) is 28.3 Å². The van der Waals surface area contributed by atoms with Gasteiger partial charge >= 0.3 is 0 Å². The van der Waals surface area contributed by atoms with E-state index >= 15 is 0 Å². The van der Waals surface area contributed by atoms with Crippen molar-refractivity contribution in [1.82, 2.24) is 14.6 Å². The standard InChI is InChI=1S/C28H29Cl2N5O3/c1-28(2,37)16-38-22-14-23(34-13-5-6-18(15-34)26(31)36)35-27(32-22)24(17-9-11-19(29)12-10-17)25(33-35)20-7-3-4-8-21(20)30/h3-4,7-12,14,18,37H,5-6,13,15-16H2,1-2H3,(H2,31,36)/t18-/m0/s1. The fraction of sp³-hybridized carbons (Fsp3) is 0.321. The van der Waals surface area contributed by atoms with E-state index in [1.165, 1.54) is 0 Å². The Morgan fingerprint density at radius 1 is 1.18 bits per heavy atom. The molecule has 1 atom stereocenters. The first-order valence-corrected chi connectivity index (χ1v) is 13.2. The van der Waals surface area contributed by atoms with Gasteiger partial charge in [-0.15, -0.1) is 0 Å². The summed E-state index contributed by atoms with van der Waals surface area (Å²) in [7, 11) is 0. The molecule has 38 heavy (non-hydrogen) atoms. The van der Waals surface area contributed by atoms with Crippen LogP contribution in [0, 0.1) is 5.92 Å². The van der Waals surface area contributed by atoms with Gasteiger partial charge in [0.15, 0.2) is 5.65 Å². The zero-order valence-electron chi connectivity index (χ0n) is 21.2. The van der Waals surface area contributed by atoms with Crippen LogP contribution in [0.5, 0.6) is 5.88 Å². The molecule has 4 aromatic rings. The summed E-state index contributed by atoms with van der Waals surface area (Å²) < 4.78 is 7.73. The molecule has 8 nitrogen and oxygen atoms in total. The summed E-state index contributed by atoms with van der Waals surface area (Å²) in [6.45, 7) is 4.55. The van der Waals surface area contributed by atoms with Crippen molar-refractivity contribution in [2.75, 3.05) is 24.6 Å². The van der Waals surface area contributed by atoms with Crippen LogP contribution in [-0.4, -0.2) is 50.9 Å². The van der Waals surface area contributed by atoms with Gasteiger partial charge in [0.1, 0.15) is 18.1 Å². The molecule has 0 aliphatic carbocycles. The van der Waals surface area contributed by atoms with E-state index < -0.39 is 5.60 Å². The highest BCUT2D eigenvalue weighted by atomic mass is 35.5. The number of benzene rings is 2. The molecule has 0 bridgehead atoms. The molecular weight excluding hydrogens is 525 g/mol. The van der Waals surface area contributed by atoms with Gasteiger partial charge in [0.25, 0.3) is 0 Å². The Bertz CT molecular complexity index is 1480. The largest absolute Gasteiger partial charge is 0.474 e. The zero-order chi connectivity index (χ0) is 27.0. The van der Waals surface area contributed by atoms with Crippen molar-refractivity contribution >= 4 is 40.6 Å². The first-order chi connectivity index (χ1) is 18.1. The third kappa shape index (κ3) is 5.43. The summed E-state index contributed by atoms with van der Waals surface area (Å²) in [6.07, 6.45) is 1.54. The lowest BCUT2D eigenvalue weighted by Gasteiger charge is -2.33. The molecule has 10 heteroatoms. The minimum absolute atomic E-state index is 0.0430. The molecule has 0 unspecified atom stereocenters. The van der Waals surface area contributed by atoms with Gasteiger partial charge in [-0.2, -0.15) is 14.6 Å². The van der Waals surface area contributed by atoms with Crippen molar-refractivity contribution in [2.24, 2.45) is 11.7 Å². The normalized spacial score (nSPS) is 16.1. The Morgan fingerprint density at radius 2 is 1.92 bits per heavy atom. The number of halogens is 2. The number of aliphatic hydroxyl groups is 1. The molecule has 1 aliphatic rings. The van der Waals surface area contributed by atoms with E-state index in [9.17, 15) is 9.90 Å². The van der Waals surface area contributed by atoms with Crippen LogP contribution < -0.4 is 15.4 Å². The Labute approximate surface area is 230 Å². The number of hydrogen-bond acceptors (Lipinski definition) is 6. The van der Waals surface area contributed by atoms with Gasteiger partial charge in [0.05, 0.1) is 22.1 Å². The molecule has 2 aromatic carbocycles. The molecule has 0 radical (unpaired) electrons. The van der Waals surface area contributed by atoms with Gasteiger partial charge in [-0.1, -0.05) is 53.5 Å². The third-order valence-corrected chi connectivity index (χ3v) is 7.11. The summed E-state index contributed by atoms with van der Waals surface area (Å²) in [5, 5.41) is 16.5. The molecule has 3 N–H and O–H groups in total. The predicted octanol–water partition coefficient (Wildman–Crippen LogP) is 5.22. The molecule has 1 fully saturated rings. The highest BCUT2D eigenvalue weighted by Crippen LogP contribution is 2.40. The van der Waals surface area contributed by atoms with Crippen LogP contribution in [0.1, 0.15) is 26.7 Å². The van der Waals surface area contributed by atoms with E-state index in [0.29, 0.717) is 46.2 Å². The third-order valence-electron chi connectivity index (χ3n) is 6.53. The van der Waals surface area contributed by atoms with Crippen molar-refractivity contribution in [3.05, 3.63) is 64.6 Å². The van der Waals surface area contributed by atoms with Crippen molar-refractivity contribution < 1.29 is 14.6 Å². The SMILES string of the molecule is CC(C)(O)COc1cc(N2CCC[C@H](C(N)=O)C2)n2nc(-c3ccccc3Cl)c(-c3ccc(Cl)cc3)c2n1. The van der Waals surface area contributed by atoms with Crippen molar-refractivity contribution in [3.63, 3.8) is 0 Å². The van der Waals surface area contributed by atoms with E-state index in [1.54, 1.807) is 24.4 Å². The molecule has 0 saturated carbocycles. The number of rotatable bonds is 7. The summed E-state index contributed by atoms with van der Waals surface area (Å²) >= 11 is 12.8. The average molecular weight is 554 g/mol. The van der Waals surface area contributed by atoms with Crippen LogP contribution in [0.25, 0.3) is 28.0 Å². The van der Waals surface area contributed by atoms with Crippen LogP contribution in [-0.2, 0) is 4.79 Å². The second-order valence-corrected chi connectivity index (χ2v) is 11.0.